The molecule has 1 aliphatic rings. The van der Waals surface area contributed by atoms with E-state index in [1.807, 2.05) is 0 Å². The Bertz CT molecular complexity index is 387. The minimum atomic E-state index is -2.51. The van der Waals surface area contributed by atoms with Crippen LogP contribution in [-0.4, -0.2) is 15.6 Å². The largest absolute Gasteiger partial charge is 0.319 e. The van der Waals surface area contributed by atoms with Gasteiger partial charge in [-0.15, -0.1) is 0 Å². The molecule has 0 amide bonds. The number of halogens is 2. The molecule has 0 aromatic carbocycles. The first-order chi connectivity index (χ1) is 8.50. The average molecular weight is 257 g/mol. The Morgan fingerprint density at radius 3 is 2.94 bits per heavy atom. The molecule has 1 unspecified atom stereocenters. The maximum absolute atomic E-state index is 12.7. The third kappa shape index (κ3) is 2.88. The first-order valence-electron chi connectivity index (χ1n) is 6.54. The Balaban J connectivity index is 1.96. The van der Waals surface area contributed by atoms with Crippen molar-refractivity contribution < 1.29 is 8.78 Å². The van der Waals surface area contributed by atoms with Crippen molar-refractivity contribution in [3.8, 4) is 0 Å². The summed E-state index contributed by atoms with van der Waals surface area (Å²) in [5.74, 6) is 0.409. The normalized spacial score (nSPS) is 23.5. The molecule has 0 saturated heterocycles. The zero-order chi connectivity index (χ0) is 13.2. The predicted octanol–water partition coefficient (Wildman–Crippen LogP) is 3.34. The molecule has 1 saturated carbocycles. The second kappa shape index (κ2) is 5.34. The van der Waals surface area contributed by atoms with Crippen LogP contribution in [0.3, 0.4) is 0 Å². The number of hydrogen-bond donors (Lipinski definition) is 1. The van der Waals surface area contributed by atoms with Gasteiger partial charge in [0.25, 0.3) is 0 Å². The molecule has 1 aromatic heterocycles. The molecule has 18 heavy (non-hydrogen) atoms. The summed E-state index contributed by atoms with van der Waals surface area (Å²) in [5.41, 5.74) is 0.237. The monoisotopic (exact) mass is 257 g/mol. The van der Waals surface area contributed by atoms with Gasteiger partial charge in [0, 0.05) is 18.4 Å². The molecule has 1 N–H and O–H groups in total. The van der Waals surface area contributed by atoms with Crippen molar-refractivity contribution in [2.75, 3.05) is 0 Å². The number of nitrogens with one attached hydrogen (secondary N) is 1. The predicted molar refractivity (Wildman–Crippen MR) is 66.4 cm³/mol. The first kappa shape index (κ1) is 13.5. The van der Waals surface area contributed by atoms with E-state index in [-0.39, 0.29) is 5.41 Å². The lowest BCUT2D eigenvalue weighted by atomic mass is 9.73. The summed E-state index contributed by atoms with van der Waals surface area (Å²) in [5, 5.41) is 3.39. The fourth-order valence-electron chi connectivity index (χ4n) is 2.75. The summed E-state index contributed by atoms with van der Waals surface area (Å²) < 4.78 is 26.3. The van der Waals surface area contributed by atoms with Crippen LogP contribution in [-0.2, 0) is 6.54 Å². The lowest BCUT2D eigenvalue weighted by molar-refractivity contribution is 0.0657. The Labute approximate surface area is 107 Å². The highest BCUT2D eigenvalue weighted by molar-refractivity contribution is 4.95. The van der Waals surface area contributed by atoms with Crippen LogP contribution in [0, 0.1) is 5.41 Å². The number of rotatable bonds is 4. The Hall–Kier alpha value is -0.970. The summed E-state index contributed by atoms with van der Waals surface area (Å²) in [6.45, 7) is 2.38. The van der Waals surface area contributed by atoms with Crippen LogP contribution in [0.5, 0.6) is 0 Å². The van der Waals surface area contributed by atoms with Gasteiger partial charge in [-0.1, -0.05) is 26.7 Å². The van der Waals surface area contributed by atoms with Crippen molar-refractivity contribution in [3.05, 3.63) is 18.2 Å². The quantitative estimate of drug-likeness (QED) is 0.896. The molecular formula is C13H21F2N3. The molecule has 1 aliphatic carbocycles. The number of nitrogens with zero attached hydrogens (tertiary/aromatic N) is 2. The second-order valence-corrected chi connectivity index (χ2v) is 5.70. The average Bonchev–Trinajstić information content (AvgIpc) is 2.75. The van der Waals surface area contributed by atoms with Gasteiger partial charge < -0.3 is 5.32 Å². The number of alkyl halides is 2. The minimum absolute atomic E-state index is 0.237. The lowest BCUT2D eigenvalue weighted by Crippen LogP contribution is -2.44. The van der Waals surface area contributed by atoms with Gasteiger partial charge in [-0.25, -0.2) is 4.98 Å². The molecule has 1 heterocycles. The summed E-state index contributed by atoms with van der Waals surface area (Å²) >= 11 is 0. The first-order valence-corrected chi connectivity index (χ1v) is 6.54. The molecule has 3 nitrogen and oxygen atoms in total. The molecule has 5 heteroatoms. The summed E-state index contributed by atoms with van der Waals surface area (Å²) in [4.78, 5) is 3.99. The Kier molecular flexibility index (Phi) is 4.00. The molecule has 0 bridgehead atoms. The van der Waals surface area contributed by atoms with Gasteiger partial charge in [-0.3, -0.25) is 4.57 Å². The SMILES string of the molecule is CC1(C)CCCCC1NCc1nccn1C(F)F. The van der Waals surface area contributed by atoms with Gasteiger partial charge in [-0.05, 0) is 18.3 Å². The highest BCUT2D eigenvalue weighted by Crippen LogP contribution is 2.35. The highest BCUT2D eigenvalue weighted by atomic mass is 19.3. The number of aromatic nitrogens is 2. The van der Waals surface area contributed by atoms with Gasteiger partial charge >= 0.3 is 6.55 Å². The van der Waals surface area contributed by atoms with Gasteiger partial charge in [0.15, 0.2) is 0 Å². The molecular weight excluding hydrogens is 236 g/mol. The van der Waals surface area contributed by atoms with E-state index >= 15 is 0 Å². The van der Waals surface area contributed by atoms with Crippen LogP contribution < -0.4 is 5.32 Å². The van der Waals surface area contributed by atoms with Crippen LogP contribution >= 0.6 is 0 Å². The highest BCUT2D eigenvalue weighted by Gasteiger charge is 2.31. The van der Waals surface area contributed by atoms with Crippen molar-refractivity contribution in [2.45, 2.75) is 58.7 Å². The van der Waals surface area contributed by atoms with E-state index in [0.29, 0.717) is 18.4 Å². The van der Waals surface area contributed by atoms with E-state index in [2.05, 4.69) is 24.1 Å². The molecule has 102 valence electrons. The molecule has 0 spiro atoms. The van der Waals surface area contributed by atoms with Gasteiger partial charge in [0.05, 0.1) is 6.54 Å². The van der Waals surface area contributed by atoms with Crippen LogP contribution in [0.1, 0.15) is 51.9 Å². The molecule has 1 aromatic rings. The van der Waals surface area contributed by atoms with Crippen LogP contribution in [0.4, 0.5) is 8.78 Å². The zero-order valence-corrected chi connectivity index (χ0v) is 11.0. The molecule has 1 fully saturated rings. The minimum Gasteiger partial charge on any atom is -0.307 e. The van der Waals surface area contributed by atoms with Gasteiger partial charge in [0.2, 0.25) is 0 Å². The van der Waals surface area contributed by atoms with E-state index in [9.17, 15) is 8.78 Å². The van der Waals surface area contributed by atoms with E-state index in [4.69, 9.17) is 0 Å². The van der Waals surface area contributed by atoms with E-state index < -0.39 is 6.55 Å². The maximum Gasteiger partial charge on any atom is 0.319 e. The summed E-state index contributed by atoms with van der Waals surface area (Å²) in [6.07, 6.45) is 7.53. The maximum atomic E-state index is 12.7. The van der Waals surface area contributed by atoms with Crippen molar-refractivity contribution in [3.63, 3.8) is 0 Å². The Morgan fingerprint density at radius 1 is 1.50 bits per heavy atom. The summed E-state index contributed by atoms with van der Waals surface area (Å²) in [6, 6.07) is 0.383. The molecule has 1 atom stereocenters. The zero-order valence-electron chi connectivity index (χ0n) is 11.0. The number of imidazole rings is 1. The van der Waals surface area contributed by atoms with Crippen molar-refractivity contribution >= 4 is 0 Å². The number of hydrogen-bond acceptors (Lipinski definition) is 2. The fraction of sp³-hybridized carbons (Fsp3) is 0.769. The molecule has 0 aliphatic heterocycles. The lowest BCUT2D eigenvalue weighted by Gasteiger charge is -2.39. The smallest absolute Gasteiger partial charge is 0.307 e. The fourth-order valence-corrected chi connectivity index (χ4v) is 2.75. The van der Waals surface area contributed by atoms with E-state index in [1.54, 1.807) is 0 Å². The summed E-state index contributed by atoms with van der Waals surface area (Å²) in [7, 11) is 0. The van der Waals surface area contributed by atoms with Crippen LogP contribution in [0.2, 0.25) is 0 Å². The molecule has 2 rings (SSSR count). The third-order valence-electron chi connectivity index (χ3n) is 3.97. The topological polar surface area (TPSA) is 29.9 Å². The van der Waals surface area contributed by atoms with E-state index in [0.717, 1.165) is 11.0 Å². The van der Waals surface area contributed by atoms with Crippen LogP contribution in [0.25, 0.3) is 0 Å². The van der Waals surface area contributed by atoms with Crippen molar-refractivity contribution in [2.24, 2.45) is 5.41 Å². The Morgan fingerprint density at radius 2 is 2.28 bits per heavy atom. The van der Waals surface area contributed by atoms with Crippen molar-refractivity contribution in [1.82, 2.24) is 14.9 Å². The van der Waals surface area contributed by atoms with E-state index in [1.165, 1.54) is 31.7 Å². The standard InChI is InChI=1S/C13H21F2N3/c1-13(2)6-4-3-5-10(13)17-9-11-16-7-8-18(11)12(14)15/h7-8,10,12,17H,3-6,9H2,1-2H3. The van der Waals surface area contributed by atoms with Crippen molar-refractivity contribution in [1.29, 1.82) is 0 Å². The van der Waals surface area contributed by atoms with Crippen LogP contribution in [0.15, 0.2) is 12.4 Å². The van der Waals surface area contributed by atoms with Gasteiger partial charge in [-0.2, -0.15) is 8.78 Å². The van der Waals surface area contributed by atoms with Gasteiger partial charge in [0.1, 0.15) is 5.82 Å². The molecule has 0 radical (unpaired) electrons. The second-order valence-electron chi connectivity index (χ2n) is 5.70. The third-order valence-corrected chi connectivity index (χ3v) is 3.97.